The Bertz CT molecular complexity index is 495. The average molecular weight is 325 g/mol. The average Bonchev–Trinajstić information content (AvgIpc) is 2.85. The Labute approximate surface area is 108 Å². The molecular weight excluding hydrogens is 312 g/mol. The maximum Gasteiger partial charge on any atom is 0.263 e. The molecule has 1 fully saturated rings. The predicted octanol–water partition coefficient (Wildman–Crippen LogP) is -0.277. The van der Waals surface area contributed by atoms with E-state index in [0.717, 1.165) is 6.42 Å². The van der Waals surface area contributed by atoms with Crippen molar-refractivity contribution in [3.8, 4) is 0 Å². The van der Waals surface area contributed by atoms with Gasteiger partial charge in [-0.1, -0.05) is 5.21 Å². The lowest BCUT2D eigenvalue weighted by Crippen LogP contribution is -2.38. The van der Waals surface area contributed by atoms with E-state index in [2.05, 4.69) is 26.2 Å². The Kier molecular flexibility index (Phi) is 3.53. The van der Waals surface area contributed by atoms with Crippen LogP contribution in [0.5, 0.6) is 0 Å². The molecule has 0 saturated carbocycles. The van der Waals surface area contributed by atoms with Crippen LogP contribution in [0, 0.1) is 0 Å². The fraction of sp³-hybridized carbons (Fsp3) is 0.750. The summed E-state index contributed by atoms with van der Waals surface area (Å²) in [7, 11) is -2.13. The van der Waals surface area contributed by atoms with Gasteiger partial charge >= 0.3 is 0 Å². The second-order valence-electron chi connectivity index (χ2n) is 3.90. The van der Waals surface area contributed by atoms with Crippen LogP contribution < -0.4 is 0 Å². The van der Waals surface area contributed by atoms with Crippen molar-refractivity contribution in [3.63, 3.8) is 0 Å². The van der Waals surface area contributed by atoms with Crippen LogP contribution in [0.2, 0.25) is 0 Å². The number of hydrogen-bond donors (Lipinski definition) is 1. The van der Waals surface area contributed by atoms with E-state index in [9.17, 15) is 13.5 Å². The first-order valence-electron chi connectivity index (χ1n) is 5.16. The Morgan fingerprint density at radius 3 is 2.82 bits per heavy atom. The molecule has 0 unspecified atom stereocenters. The van der Waals surface area contributed by atoms with Crippen LogP contribution in [0.15, 0.2) is 9.63 Å². The van der Waals surface area contributed by atoms with Gasteiger partial charge in [0.05, 0.1) is 6.61 Å². The Balaban J connectivity index is 2.43. The van der Waals surface area contributed by atoms with E-state index in [1.54, 1.807) is 0 Å². The van der Waals surface area contributed by atoms with Crippen LogP contribution in [0.25, 0.3) is 0 Å². The van der Waals surface area contributed by atoms with Crippen molar-refractivity contribution in [3.05, 3.63) is 4.60 Å². The van der Waals surface area contributed by atoms with Crippen molar-refractivity contribution in [2.45, 2.75) is 23.9 Å². The molecule has 2 rings (SSSR count). The highest BCUT2D eigenvalue weighted by Crippen LogP contribution is 2.28. The number of hydrogen-bond acceptors (Lipinski definition) is 5. The van der Waals surface area contributed by atoms with E-state index in [0.29, 0.717) is 13.0 Å². The molecule has 0 radical (unpaired) electrons. The zero-order valence-electron chi connectivity index (χ0n) is 9.24. The van der Waals surface area contributed by atoms with Crippen LogP contribution in [0.1, 0.15) is 12.8 Å². The molecular formula is C8H13BrN4O3S. The molecule has 1 N–H and O–H groups in total. The van der Waals surface area contributed by atoms with Gasteiger partial charge in [0, 0.05) is 19.6 Å². The number of sulfonamides is 1. The molecule has 0 bridgehead atoms. The predicted molar refractivity (Wildman–Crippen MR) is 62.7 cm³/mol. The van der Waals surface area contributed by atoms with Gasteiger partial charge in [-0.3, -0.25) is 0 Å². The van der Waals surface area contributed by atoms with E-state index < -0.39 is 10.0 Å². The summed E-state index contributed by atoms with van der Waals surface area (Å²) < 4.78 is 27.5. The summed E-state index contributed by atoms with van der Waals surface area (Å²) in [6.07, 6.45) is 1.44. The van der Waals surface area contributed by atoms with Gasteiger partial charge in [0.2, 0.25) is 5.03 Å². The van der Waals surface area contributed by atoms with Gasteiger partial charge in [0.15, 0.2) is 4.60 Å². The van der Waals surface area contributed by atoms with Crippen molar-refractivity contribution in [1.82, 2.24) is 19.3 Å². The van der Waals surface area contributed by atoms with Crippen molar-refractivity contribution < 1.29 is 13.5 Å². The monoisotopic (exact) mass is 324 g/mol. The Morgan fingerprint density at radius 2 is 2.29 bits per heavy atom. The second-order valence-corrected chi connectivity index (χ2v) is 6.46. The summed E-state index contributed by atoms with van der Waals surface area (Å²) in [5, 5.41) is 16.5. The summed E-state index contributed by atoms with van der Waals surface area (Å²) in [5.74, 6) is 0. The Morgan fingerprint density at radius 1 is 1.59 bits per heavy atom. The van der Waals surface area contributed by atoms with Crippen molar-refractivity contribution >= 4 is 26.0 Å². The van der Waals surface area contributed by atoms with E-state index >= 15 is 0 Å². The van der Waals surface area contributed by atoms with Crippen LogP contribution in [0.3, 0.4) is 0 Å². The highest BCUT2D eigenvalue weighted by Gasteiger charge is 2.38. The summed E-state index contributed by atoms with van der Waals surface area (Å²) >= 11 is 3.08. The summed E-state index contributed by atoms with van der Waals surface area (Å²) in [6, 6.07) is -0.346. The van der Waals surface area contributed by atoms with E-state index in [1.165, 1.54) is 16.0 Å². The third-order valence-corrected chi connectivity index (χ3v) is 5.67. The van der Waals surface area contributed by atoms with Crippen LogP contribution in [-0.4, -0.2) is 52.0 Å². The molecule has 0 aromatic carbocycles. The van der Waals surface area contributed by atoms with Gasteiger partial charge < -0.3 is 5.11 Å². The number of rotatable bonds is 3. The second kappa shape index (κ2) is 4.63. The van der Waals surface area contributed by atoms with Gasteiger partial charge in [0.1, 0.15) is 0 Å². The minimum atomic E-state index is -3.65. The van der Waals surface area contributed by atoms with E-state index in [-0.39, 0.29) is 22.3 Å². The molecule has 1 aromatic rings. The van der Waals surface area contributed by atoms with Gasteiger partial charge in [-0.25, -0.2) is 13.1 Å². The van der Waals surface area contributed by atoms with Crippen LogP contribution in [-0.2, 0) is 17.1 Å². The lowest BCUT2D eigenvalue weighted by molar-refractivity contribution is 0.213. The number of halogens is 1. The van der Waals surface area contributed by atoms with Gasteiger partial charge in [0.25, 0.3) is 10.0 Å². The third kappa shape index (κ3) is 2.12. The lowest BCUT2D eigenvalue weighted by Gasteiger charge is -2.21. The number of aromatic nitrogens is 3. The molecule has 0 aliphatic carbocycles. The SMILES string of the molecule is Cn1nnc(Br)c1S(=O)(=O)N1CCC[C@H]1CO. The van der Waals surface area contributed by atoms with E-state index in [1.807, 2.05) is 0 Å². The van der Waals surface area contributed by atoms with Crippen molar-refractivity contribution in [1.29, 1.82) is 0 Å². The lowest BCUT2D eigenvalue weighted by atomic mass is 10.2. The molecule has 0 amide bonds. The molecule has 96 valence electrons. The van der Waals surface area contributed by atoms with Crippen molar-refractivity contribution in [2.24, 2.45) is 7.05 Å². The molecule has 1 aromatic heterocycles. The largest absolute Gasteiger partial charge is 0.395 e. The van der Waals surface area contributed by atoms with Gasteiger partial charge in [-0.15, -0.1) is 5.10 Å². The van der Waals surface area contributed by atoms with Crippen LogP contribution in [0.4, 0.5) is 0 Å². The maximum absolute atomic E-state index is 12.4. The molecule has 0 spiro atoms. The number of nitrogens with zero attached hydrogens (tertiary/aromatic N) is 4. The summed E-state index contributed by atoms with van der Waals surface area (Å²) in [5.41, 5.74) is 0. The minimum Gasteiger partial charge on any atom is -0.395 e. The molecule has 1 saturated heterocycles. The fourth-order valence-electron chi connectivity index (χ4n) is 2.02. The molecule has 9 heteroatoms. The first-order chi connectivity index (χ1) is 7.98. The van der Waals surface area contributed by atoms with Gasteiger partial charge in [-0.05, 0) is 28.8 Å². The number of aliphatic hydroxyl groups is 1. The normalized spacial score (nSPS) is 22.2. The number of aliphatic hydroxyl groups excluding tert-OH is 1. The molecule has 2 heterocycles. The quantitative estimate of drug-likeness (QED) is 0.826. The van der Waals surface area contributed by atoms with Crippen molar-refractivity contribution in [2.75, 3.05) is 13.2 Å². The molecule has 17 heavy (non-hydrogen) atoms. The highest BCUT2D eigenvalue weighted by molar-refractivity contribution is 9.10. The topological polar surface area (TPSA) is 88.3 Å². The third-order valence-electron chi connectivity index (χ3n) is 2.82. The van der Waals surface area contributed by atoms with Gasteiger partial charge in [-0.2, -0.15) is 4.31 Å². The first kappa shape index (κ1) is 12.9. The zero-order valence-corrected chi connectivity index (χ0v) is 11.6. The minimum absolute atomic E-state index is 0.0258. The fourth-order valence-corrected chi connectivity index (χ4v) is 4.74. The molecule has 1 aliphatic rings. The molecule has 7 nitrogen and oxygen atoms in total. The summed E-state index contributed by atoms with van der Waals surface area (Å²) in [6.45, 7) is 0.257. The summed E-state index contributed by atoms with van der Waals surface area (Å²) in [4.78, 5) is 0. The molecule has 1 aliphatic heterocycles. The maximum atomic E-state index is 12.4. The van der Waals surface area contributed by atoms with Crippen LogP contribution >= 0.6 is 15.9 Å². The highest BCUT2D eigenvalue weighted by atomic mass is 79.9. The standard InChI is InChI=1S/C8H13BrN4O3S/c1-12-8(7(9)10-11-12)17(15,16)13-4-2-3-6(13)5-14/h6,14H,2-5H2,1H3/t6-/m0/s1. The number of aryl methyl sites for hydroxylation is 1. The smallest absolute Gasteiger partial charge is 0.263 e. The Hall–Kier alpha value is -0.510. The zero-order chi connectivity index (χ0) is 12.6. The van der Waals surface area contributed by atoms with E-state index in [4.69, 9.17) is 0 Å². The molecule has 1 atom stereocenters. The first-order valence-corrected chi connectivity index (χ1v) is 7.39.